The summed E-state index contributed by atoms with van der Waals surface area (Å²) in [7, 11) is 1.36. The average Bonchev–Trinajstić information content (AvgIpc) is 2.13. The third-order valence-electron chi connectivity index (χ3n) is 2.06. The van der Waals surface area contributed by atoms with Crippen molar-refractivity contribution in [2.24, 2.45) is 0 Å². The number of amides is 2. The fourth-order valence-corrected chi connectivity index (χ4v) is 1.36. The molecule has 14 heavy (non-hydrogen) atoms. The van der Waals surface area contributed by atoms with Gasteiger partial charge in [0.25, 0.3) is 5.91 Å². The molecule has 0 aromatic carbocycles. The summed E-state index contributed by atoms with van der Waals surface area (Å²) in [5, 5.41) is 3.01. The lowest BCUT2D eigenvalue weighted by Gasteiger charge is -2.30. The van der Waals surface area contributed by atoms with Crippen molar-refractivity contribution in [3.63, 3.8) is 0 Å². The summed E-state index contributed by atoms with van der Waals surface area (Å²) < 4.78 is 0. The summed E-state index contributed by atoms with van der Waals surface area (Å²) in [6.07, 6.45) is 0. The van der Waals surface area contributed by atoms with Crippen molar-refractivity contribution in [1.82, 2.24) is 15.7 Å². The Morgan fingerprint density at radius 3 is 3.14 bits per heavy atom. The highest BCUT2D eigenvalue weighted by atomic mass is 16.6. The van der Waals surface area contributed by atoms with Crippen LogP contribution in [0, 0.1) is 0 Å². The van der Waals surface area contributed by atoms with Gasteiger partial charge in [-0.15, -0.1) is 0 Å². The summed E-state index contributed by atoms with van der Waals surface area (Å²) in [5.74, 6) is -0.363. The van der Waals surface area contributed by atoms with Crippen LogP contribution in [-0.4, -0.2) is 49.5 Å². The maximum absolute atomic E-state index is 11.5. The molecule has 1 aliphatic rings. The van der Waals surface area contributed by atoms with Crippen LogP contribution in [0.15, 0.2) is 0 Å². The van der Waals surface area contributed by atoms with E-state index in [9.17, 15) is 9.59 Å². The number of carbonyl (C=O) groups excluding carboxylic acids is 2. The lowest BCUT2D eigenvalue weighted by molar-refractivity contribution is -0.142. The summed E-state index contributed by atoms with van der Waals surface area (Å²) in [4.78, 5) is 28.6. The minimum absolute atomic E-state index is 0.0532. The molecule has 80 valence electrons. The van der Waals surface area contributed by atoms with E-state index in [2.05, 4.69) is 15.6 Å². The highest BCUT2D eigenvalue weighted by Gasteiger charge is 2.25. The molecule has 0 spiro atoms. The van der Waals surface area contributed by atoms with Crippen LogP contribution in [0.4, 0.5) is 0 Å². The number of nitrogens with zero attached hydrogens (tertiary/aromatic N) is 1. The highest BCUT2D eigenvalue weighted by molar-refractivity contribution is 5.87. The monoisotopic (exact) mass is 201 g/mol. The molecule has 1 heterocycles. The van der Waals surface area contributed by atoms with E-state index in [4.69, 9.17) is 0 Å². The van der Waals surface area contributed by atoms with Gasteiger partial charge in [0.05, 0.1) is 13.2 Å². The Hall–Kier alpha value is -1.14. The minimum Gasteiger partial charge on any atom is -0.331 e. The number of piperazine rings is 1. The maximum atomic E-state index is 11.5. The van der Waals surface area contributed by atoms with Crippen LogP contribution in [0.1, 0.15) is 6.92 Å². The van der Waals surface area contributed by atoms with Gasteiger partial charge in [-0.25, -0.2) is 5.48 Å². The SMILES string of the molecule is CONC(=O)CN1CCNC(C)C1=O. The summed E-state index contributed by atoms with van der Waals surface area (Å²) >= 11 is 0. The molecule has 1 saturated heterocycles. The van der Waals surface area contributed by atoms with E-state index in [0.29, 0.717) is 13.1 Å². The van der Waals surface area contributed by atoms with Gasteiger partial charge in [0.2, 0.25) is 5.91 Å². The van der Waals surface area contributed by atoms with E-state index in [0.717, 1.165) is 0 Å². The fourth-order valence-electron chi connectivity index (χ4n) is 1.36. The van der Waals surface area contributed by atoms with Crippen LogP contribution in [0.5, 0.6) is 0 Å². The Balaban J connectivity index is 2.43. The van der Waals surface area contributed by atoms with Crippen molar-refractivity contribution >= 4 is 11.8 Å². The van der Waals surface area contributed by atoms with Gasteiger partial charge in [-0.1, -0.05) is 0 Å². The molecule has 1 fully saturated rings. The van der Waals surface area contributed by atoms with Gasteiger partial charge in [0.15, 0.2) is 0 Å². The largest absolute Gasteiger partial charge is 0.331 e. The predicted octanol–water partition coefficient (Wildman–Crippen LogP) is -1.52. The molecule has 0 aromatic rings. The van der Waals surface area contributed by atoms with Crippen molar-refractivity contribution < 1.29 is 14.4 Å². The fraction of sp³-hybridized carbons (Fsp3) is 0.750. The smallest absolute Gasteiger partial charge is 0.263 e. The average molecular weight is 201 g/mol. The van der Waals surface area contributed by atoms with Gasteiger partial charge in [0, 0.05) is 13.1 Å². The van der Waals surface area contributed by atoms with E-state index in [1.54, 1.807) is 6.92 Å². The zero-order valence-electron chi connectivity index (χ0n) is 8.37. The highest BCUT2D eigenvalue weighted by Crippen LogP contribution is 1.99. The van der Waals surface area contributed by atoms with Crippen LogP contribution >= 0.6 is 0 Å². The molecule has 0 aliphatic carbocycles. The first kappa shape index (κ1) is 10.9. The Morgan fingerprint density at radius 1 is 1.79 bits per heavy atom. The number of rotatable bonds is 3. The van der Waals surface area contributed by atoms with Crippen LogP contribution < -0.4 is 10.8 Å². The second-order valence-electron chi connectivity index (χ2n) is 3.16. The Bertz CT molecular complexity index is 232. The number of hydrogen-bond acceptors (Lipinski definition) is 4. The van der Waals surface area contributed by atoms with E-state index in [-0.39, 0.29) is 24.4 Å². The Morgan fingerprint density at radius 2 is 2.50 bits per heavy atom. The van der Waals surface area contributed by atoms with Crippen LogP contribution in [-0.2, 0) is 14.4 Å². The van der Waals surface area contributed by atoms with Gasteiger partial charge in [-0.05, 0) is 6.92 Å². The van der Waals surface area contributed by atoms with Gasteiger partial charge < -0.3 is 10.2 Å². The van der Waals surface area contributed by atoms with Crippen LogP contribution in [0.2, 0.25) is 0 Å². The number of hydrogen-bond donors (Lipinski definition) is 2. The maximum Gasteiger partial charge on any atom is 0.263 e. The van der Waals surface area contributed by atoms with Crippen LogP contribution in [0.3, 0.4) is 0 Å². The van der Waals surface area contributed by atoms with Crippen molar-refractivity contribution in [2.75, 3.05) is 26.7 Å². The van der Waals surface area contributed by atoms with Crippen molar-refractivity contribution in [2.45, 2.75) is 13.0 Å². The first-order chi connectivity index (χ1) is 6.65. The standard InChI is InChI=1S/C8H15N3O3/c1-6-8(13)11(4-3-9-6)5-7(12)10-14-2/h6,9H,3-5H2,1-2H3,(H,10,12). The molecule has 0 aromatic heterocycles. The van der Waals surface area contributed by atoms with Gasteiger partial charge in [0.1, 0.15) is 6.54 Å². The van der Waals surface area contributed by atoms with E-state index in [1.165, 1.54) is 12.0 Å². The summed E-state index contributed by atoms with van der Waals surface area (Å²) in [6.45, 7) is 3.11. The predicted molar refractivity (Wildman–Crippen MR) is 49.2 cm³/mol. The zero-order valence-corrected chi connectivity index (χ0v) is 8.37. The van der Waals surface area contributed by atoms with E-state index >= 15 is 0 Å². The molecule has 1 atom stereocenters. The molecule has 1 aliphatic heterocycles. The molecule has 2 amide bonds. The molecule has 0 bridgehead atoms. The lowest BCUT2D eigenvalue weighted by Crippen LogP contribution is -2.55. The van der Waals surface area contributed by atoms with Crippen molar-refractivity contribution in [3.8, 4) is 0 Å². The molecule has 0 saturated carbocycles. The first-order valence-electron chi connectivity index (χ1n) is 4.49. The van der Waals surface area contributed by atoms with Crippen molar-refractivity contribution in [3.05, 3.63) is 0 Å². The minimum atomic E-state index is -0.310. The number of carbonyl (C=O) groups is 2. The van der Waals surface area contributed by atoms with E-state index < -0.39 is 0 Å². The summed E-state index contributed by atoms with van der Waals surface area (Å²) in [6, 6.07) is -0.209. The lowest BCUT2D eigenvalue weighted by atomic mass is 10.2. The molecule has 6 heteroatoms. The molecule has 1 unspecified atom stereocenters. The summed E-state index contributed by atoms with van der Waals surface area (Å²) in [5.41, 5.74) is 2.17. The van der Waals surface area contributed by atoms with Gasteiger partial charge in [-0.2, -0.15) is 0 Å². The topological polar surface area (TPSA) is 70.7 Å². The molecule has 2 N–H and O–H groups in total. The number of hydroxylamine groups is 1. The van der Waals surface area contributed by atoms with Crippen molar-refractivity contribution in [1.29, 1.82) is 0 Å². The molecule has 6 nitrogen and oxygen atoms in total. The third kappa shape index (κ3) is 2.68. The van der Waals surface area contributed by atoms with Gasteiger partial charge in [-0.3, -0.25) is 14.4 Å². The first-order valence-corrected chi connectivity index (χ1v) is 4.49. The molecule has 0 radical (unpaired) electrons. The second-order valence-corrected chi connectivity index (χ2v) is 3.16. The van der Waals surface area contributed by atoms with Gasteiger partial charge >= 0.3 is 0 Å². The quantitative estimate of drug-likeness (QED) is 0.544. The third-order valence-corrected chi connectivity index (χ3v) is 2.06. The zero-order chi connectivity index (χ0) is 10.6. The second kappa shape index (κ2) is 4.92. The molecule has 1 rings (SSSR count). The Labute approximate surface area is 82.5 Å². The van der Waals surface area contributed by atoms with Crippen LogP contribution in [0.25, 0.3) is 0 Å². The van der Waals surface area contributed by atoms with E-state index in [1.807, 2.05) is 0 Å². The normalized spacial score (nSPS) is 22.3. The Kier molecular flexibility index (Phi) is 3.84. The molecular weight excluding hydrogens is 186 g/mol. The number of nitrogens with one attached hydrogen (secondary N) is 2. The molecular formula is C8H15N3O3.